The highest BCUT2D eigenvalue weighted by Gasteiger charge is 2.55. The van der Waals surface area contributed by atoms with Crippen LogP contribution < -0.4 is 4.74 Å². The summed E-state index contributed by atoms with van der Waals surface area (Å²) in [6.07, 6.45) is 1.42. The molecule has 1 unspecified atom stereocenters. The van der Waals surface area contributed by atoms with Crippen molar-refractivity contribution in [1.29, 1.82) is 0 Å². The first-order valence-electron chi connectivity index (χ1n) is 16.9. The van der Waals surface area contributed by atoms with Gasteiger partial charge in [-0.05, 0) is 66.6 Å². The van der Waals surface area contributed by atoms with Gasteiger partial charge in [-0.1, -0.05) is 84.0 Å². The molecule has 0 spiro atoms. The summed E-state index contributed by atoms with van der Waals surface area (Å²) in [5.74, 6) is 2.90. The minimum Gasteiger partial charge on any atom is -0.497 e. The summed E-state index contributed by atoms with van der Waals surface area (Å²) >= 11 is 3.99. The number of hydrogen-bond donors (Lipinski definition) is 1. The predicted molar refractivity (Wildman–Crippen MR) is 195 cm³/mol. The van der Waals surface area contributed by atoms with Crippen LogP contribution >= 0.6 is 23.5 Å². The molecule has 5 atom stereocenters. The third-order valence-corrected chi connectivity index (χ3v) is 18.9. The summed E-state index contributed by atoms with van der Waals surface area (Å²) < 4.78 is 31.2. The van der Waals surface area contributed by atoms with Gasteiger partial charge < -0.3 is 28.5 Å². The van der Waals surface area contributed by atoms with Crippen LogP contribution in [0.3, 0.4) is 0 Å². The van der Waals surface area contributed by atoms with Crippen molar-refractivity contribution in [3.63, 3.8) is 0 Å². The Balaban J connectivity index is 1.48. The Bertz CT molecular complexity index is 1200. The number of thioether (sulfide) groups is 2. The fourth-order valence-corrected chi connectivity index (χ4v) is 11.2. The number of benzene rings is 2. The molecule has 2 saturated heterocycles. The highest BCUT2D eigenvalue weighted by molar-refractivity contribution is 8.18. The molecule has 2 aromatic rings. The van der Waals surface area contributed by atoms with Crippen LogP contribution in [0.5, 0.6) is 5.75 Å². The van der Waals surface area contributed by atoms with Gasteiger partial charge >= 0.3 is 0 Å². The fourth-order valence-electron chi connectivity index (χ4n) is 5.95. The first kappa shape index (κ1) is 37.8. The molecule has 0 aromatic heterocycles. The van der Waals surface area contributed by atoms with Crippen molar-refractivity contribution in [1.82, 2.24) is 0 Å². The second kappa shape index (κ2) is 16.1. The van der Waals surface area contributed by atoms with E-state index in [1.807, 2.05) is 66.0 Å². The van der Waals surface area contributed by atoms with Crippen molar-refractivity contribution in [3.05, 3.63) is 65.7 Å². The van der Waals surface area contributed by atoms with Gasteiger partial charge in [0.2, 0.25) is 0 Å². The largest absolute Gasteiger partial charge is 0.497 e. The predicted octanol–water partition coefficient (Wildman–Crippen LogP) is 9.09. The summed E-state index contributed by atoms with van der Waals surface area (Å²) in [6, 6.07) is 18.2. The Morgan fingerprint density at radius 1 is 1.00 bits per heavy atom. The molecular formula is C37H58O6S2Si. The second-order valence-electron chi connectivity index (χ2n) is 15.0. The van der Waals surface area contributed by atoms with Gasteiger partial charge in [-0.25, -0.2) is 0 Å². The standard InChI is InChI=1S/C37H58O6S2Si/c1-27(32(43-46(8,9)35(2,3)4)20-21-40-25-28-14-11-10-12-15-28)31(38)24-37(44-22-13-23-45-37)36(5,6)33-26-41-34(42-33)29-16-18-30(39-7)19-17-29/h10-12,14-19,27,31-34,38H,13,20-26H2,1-9H3/t27-,31+,32-,33-,34?/m1/s1. The highest BCUT2D eigenvalue weighted by Crippen LogP contribution is 2.59. The Morgan fingerprint density at radius 3 is 2.26 bits per heavy atom. The zero-order valence-corrected chi connectivity index (χ0v) is 32.2. The van der Waals surface area contributed by atoms with Crippen LogP contribution in [-0.4, -0.2) is 67.6 Å². The van der Waals surface area contributed by atoms with Gasteiger partial charge in [0.05, 0.1) is 42.7 Å². The van der Waals surface area contributed by atoms with E-state index in [-0.39, 0.29) is 32.7 Å². The maximum absolute atomic E-state index is 12.1. The minimum atomic E-state index is -2.10. The molecule has 9 heteroatoms. The molecule has 2 fully saturated rings. The summed E-state index contributed by atoms with van der Waals surface area (Å²) in [7, 11) is -0.425. The summed E-state index contributed by atoms with van der Waals surface area (Å²) in [5, 5.41) is 12.2. The molecule has 2 heterocycles. The number of rotatable bonds is 15. The monoisotopic (exact) mass is 690 g/mol. The SMILES string of the molecule is COc1ccc(C2OC[C@H](C(C)(C)C3(C[C@H](O)[C@@H](C)[C@@H](CCOCc4ccccc4)O[Si](C)(C)C(C)(C)C)SCCCS3)O2)cc1. The van der Waals surface area contributed by atoms with Crippen molar-refractivity contribution < 1.29 is 28.5 Å². The molecule has 0 amide bonds. The molecule has 1 N–H and O–H groups in total. The third kappa shape index (κ3) is 9.14. The van der Waals surface area contributed by atoms with Crippen LogP contribution in [0.25, 0.3) is 0 Å². The van der Waals surface area contributed by atoms with Crippen molar-refractivity contribution >= 4 is 31.8 Å². The second-order valence-corrected chi connectivity index (χ2v) is 22.8. The molecule has 46 heavy (non-hydrogen) atoms. The summed E-state index contributed by atoms with van der Waals surface area (Å²) in [5.41, 5.74) is 1.89. The van der Waals surface area contributed by atoms with Crippen LogP contribution in [0.1, 0.15) is 78.2 Å². The third-order valence-electron chi connectivity index (χ3n) is 10.4. The van der Waals surface area contributed by atoms with E-state index in [2.05, 4.69) is 66.8 Å². The van der Waals surface area contributed by atoms with E-state index in [0.29, 0.717) is 26.2 Å². The van der Waals surface area contributed by atoms with E-state index in [9.17, 15) is 5.11 Å². The van der Waals surface area contributed by atoms with Crippen molar-refractivity contribution in [2.75, 3.05) is 31.8 Å². The van der Waals surface area contributed by atoms with Crippen LogP contribution in [0.15, 0.2) is 54.6 Å². The van der Waals surface area contributed by atoms with E-state index in [1.54, 1.807) is 7.11 Å². The van der Waals surface area contributed by atoms with Crippen LogP contribution in [0.4, 0.5) is 0 Å². The maximum Gasteiger partial charge on any atom is 0.192 e. The molecule has 0 bridgehead atoms. The molecule has 4 rings (SSSR count). The van der Waals surface area contributed by atoms with Gasteiger partial charge in [-0.3, -0.25) is 0 Å². The number of aliphatic hydroxyl groups excluding tert-OH is 1. The van der Waals surface area contributed by atoms with Gasteiger partial charge in [0.25, 0.3) is 0 Å². The average Bonchev–Trinajstić information content (AvgIpc) is 3.54. The van der Waals surface area contributed by atoms with E-state index in [0.717, 1.165) is 29.2 Å². The van der Waals surface area contributed by atoms with Gasteiger partial charge in [0.15, 0.2) is 14.6 Å². The lowest BCUT2D eigenvalue weighted by molar-refractivity contribution is -0.0856. The molecule has 0 aliphatic carbocycles. The Kier molecular flexibility index (Phi) is 13.2. The number of aliphatic hydroxyl groups is 1. The first-order chi connectivity index (χ1) is 21.7. The Hall–Kier alpha value is -1.04. The lowest BCUT2D eigenvalue weighted by Crippen LogP contribution is -2.53. The topological polar surface area (TPSA) is 66.4 Å². The Labute approximate surface area is 288 Å². The van der Waals surface area contributed by atoms with E-state index in [1.165, 1.54) is 12.0 Å². The molecule has 258 valence electrons. The molecule has 0 saturated carbocycles. The molecular weight excluding hydrogens is 633 g/mol. The quantitative estimate of drug-likeness (QED) is 0.147. The average molecular weight is 691 g/mol. The van der Waals surface area contributed by atoms with Crippen LogP contribution in [0, 0.1) is 11.3 Å². The molecule has 2 aromatic carbocycles. The first-order valence-corrected chi connectivity index (χ1v) is 21.7. The van der Waals surface area contributed by atoms with Gasteiger partial charge in [0, 0.05) is 23.5 Å². The van der Waals surface area contributed by atoms with E-state index < -0.39 is 20.7 Å². The lowest BCUT2D eigenvalue weighted by atomic mass is 9.78. The van der Waals surface area contributed by atoms with Crippen LogP contribution in [0.2, 0.25) is 18.1 Å². The van der Waals surface area contributed by atoms with E-state index >= 15 is 0 Å². The zero-order chi connectivity index (χ0) is 33.6. The summed E-state index contributed by atoms with van der Waals surface area (Å²) in [4.78, 5) is 0. The smallest absolute Gasteiger partial charge is 0.192 e. The lowest BCUT2D eigenvalue weighted by Gasteiger charge is -2.51. The van der Waals surface area contributed by atoms with Crippen LogP contribution in [-0.2, 0) is 25.2 Å². The van der Waals surface area contributed by atoms with Crippen molar-refractivity contribution in [2.45, 2.75) is 114 Å². The molecule has 0 radical (unpaired) electrons. The maximum atomic E-state index is 12.1. The van der Waals surface area contributed by atoms with Gasteiger partial charge in [-0.15, -0.1) is 23.5 Å². The minimum absolute atomic E-state index is 0.0574. The van der Waals surface area contributed by atoms with Crippen molar-refractivity contribution in [3.8, 4) is 5.75 Å². The highest BCUT2D eigenvalue weighted by atomic mass is 32.2. The normalized spacial score (nSPS) is 22.7. The molecule has 6 nitrogen and oxygen atoms in total. The number of hydrogen-bond acceptors (Lipinski definition) is 8. The van der Waals surface area contributed by atoms with Gasteiger partial charge in [-0.2, -0.15) is 0 Å². The number of ether oxygens (including phenoxy) is 4. The fraction of sp³-hybridized carbons (Fsp3) is 0.676. The number of methoxy groups -OCH3 is 1. The van der Waals surface area contributed by atoms with E-state index in [4.69, 9.17) is 23.4 Å². The molecule has 2 aliphatic rings. The molecule has 2 aliphatic heterocycles. The van der Waals surface area contributed by atoms with Crippen molar-refractivity contribution in [2.24, 2.45) is 11.3 Å². The summed E-state index contributed by atoms with van der Waals surface area (Å²) in [6.45, 7) is 19.9. The zero-order valence-electron chi connectivity index (χ0n) is 29.5. The Morgan fingerprint density at radius 2 is 1.65 bits per heavy atom. The van der Waals surface area contributed by atoms with Gasteiger partial charge in [0.1, 0.15) is 5.75 Å².